The largest absolute Gasteiger partial charge is 0.381 e. The Balaban J connectivity index is 0.00000261. The standard InChI is InChI=1S/C20H38N4O2.HI/c1-21-20(22-10-4-12-26-16-17-8-13-25-14-9-17)23-18-7-11-24(15-18)19-5-2-3-6-19;/h17-19H,2-16H2,1H3,(H2,21,22,23);1H. The van der Waals surface area contributed by atoms with Gasteiger partial charge in [-0.3, -0.25) is 9.89 Å². The molecule has 27 heavy (non-hydrogen) atoms. The summed E-state index contributed by atoms with van der Waals surface area (Å²) in [5, 5.41) is 7.04. The molecule has 2 N–H and O–H groups in total. The Kier molecular flexibility index (Phi) is 11.3. The number of hydrogen-bond acceptors (Lipinski definition) is 4. The summed E-state index contributed by atoms with van der Waals surface area (Å²) < 4.78 is 11.2. The molecule has 1 aliphatic carbocycles. The van der Waals surface area contributed by atoms with Crippen LogP contribution in [0.2, 0.25) is 0 Å². The monoisotopic (exact) mass is 494 g/mol. The van der Waals surface area contributed by atoms with E-state index in [0.29, 0.717) is 12.0 Å². The number of hydrogen-bond donors (Lipinski definition) is 2. The molecular formula is C20H39IN4O2. The number of halogens is 1. The lowest BCUT2D eigenvalue weighted by molar-refractivity contribution is 0.0203. The molecule has 7 heteroatoms. The third-order valence-electron chi connectivity index (χ3n) is 6.08. The molecule has 1 atom stereocenters. The quantitative estimate of drug-likeness (QED) is 0.235. The van der Waals surface area contributed by atoms with Gasteiger partial charge < -0.3 is 20.1 Å². The second kappa shape index (κ2) is 13.2. The van der Waals surface area contributed by atoms with E-state index in [2.05, 4.69) is 20.5 Å². The summed E-state index contributed by atoms with van der Waals surface area (Å²) in [6.07, 6.45) is 10.2. The highest BCUT2D eigenvalue weighted by atomic mass is 127. The fourth-order valence-electron chi connectivity index (χ4n) is 4.44. The molecule has 0 spiro atoms. The van der Waals surface area contributed by atoms with Crippen LogP contribution in [0.5, 0.6) is 0 Å². The van der Waals surface area contributed by atoms with Crippen molar-refractivity contribution in [3.05, 3.63) is 0 Å². The number of likely N-dealkylation sites (tertiary alicyclic amines) is 1. The summed E-state index contributed by atoms with van der Waals surface area (Å²) in [4.78, 5) is 7.07. The topological polar surface area (TPSA) is 58.1 Å². The Morgan fingerprint density at radius 2 is 1.93 bits per heavy atom. The second-order valence-corrected chi connectivity index (χ2v) is 8.05. The number of aliphatic imine (C=N–C) groups is 1. The SMILES string of the molecule is CN=C(NCCCOCC1CCOCC1)NC1CCN(C2CCCC2)C1.I. The molecule has 3 rings (SSSR count). The Morgan fingerprint density at radius 3 is 2.67 bits per heavy atom. The summed E-state index contributed by atoms with van der Waals surface area (Å²) in [5.74, 6) is 1.63. The maximum absolute atomic E-state index is 5.83. The van der Waals surface area contributed by atoms with E-state index in [4.69, 9.17) is 9.47 Å². The molecule has 0 radical (unpaired) electrons. The minimum atomic E-state index is 0. The number of nitrogens with one attached hydrogen (secondary N) is 2. The summed E-state index contributed by atoms with van der Waals surface area (Å²) >= 11 is 0. The fraction of sp³-hybridized carbons (Fsp3) is 0.950. The van der Waals surface area contributed by atoms with Crippen molar-refractivity contribution in [3.8, 4) is 0 Å². The van der Waals surface area contributed by atoms with Gasteiger partial charge in [-0.15, -0.1) is 24.0 Å². The van der Waals surface area contributed by atoms with Crippen LogP contribution in [0.3, 0.4) is 0 Å². The normalized spacial score (nSPS) is 25.5. The van der Waals surface area contributed by atoms with E-state index in [1.165, 1.54) is 45.2 Å². The van der Waals surface area contributed by atoms with Gasteiger partial charge in [-0.05, 0) is 44.4 Å². The van der Waals surface area contributed by atoms with Crippen LogP contribution in [0.1, 0.15) is 51.4 Å². The van der Waals surface area contributed by atoms with Crippen molar-refractivity contribution in [2.45, 2.75) is 63.5 Å². The van der Waals surface area contributed by atoms with Crippen LogP contribution < -0.4 is 10.6 Å². The van der Waals surface area contributed by atoms with Crippen molar-refractivity contribution in [3.63, 3.8) is 0 Å². The number of ether oxygens (including phenoxy) is 2. The number of rotatable bonds is 8. The summed E-state index contributed by atoms with van der Waals surface area (Å²) in [6.45, 7) is 6.81. The van der Waals surface area contributed by atoms with Gasteiger partial charge in [0.1, 0.15) is 0 Å². The Labute approximate surface area is 182 Å². The van der Waals surface area contributed by atoms with Gasteiger partial charge in [-0.25, -0.2) is 0 Å². The van der Waals surface area contributed by atoms with E-state index in [1.54, 1.807) is 0 Å². The molecule has 0 aromatic heterocycles. The van der Waals surface area contributed by atoms with E-state index in [0.717, 1.165) is 64.2 Å². The minimum absolute atomic E-state index is 0. The van der Waals surface area contributed by atoms with Crippen LogP contribution in [0.4, 0.5) is 0 Å². The van der Waals surface area contributed by atoms with Crippen LogP contribution in [0.15, 0.2) is 4.99 Å². The highest BCUT2D eigenvalue weighted by molar-refractivity contribution is 14.0. The Morgan fingerprint density at radius 1 is 1.15 bits per heavy atom. The van der Waals surface area contributed by atoms with Gasteiger partial charge in [-0.2, -0.15) is 0 Å². The summed E-state index contributed by atoms with van der Waals surface area (Å²) in [6, 6.07) is 1.37. The van der Waals surface area contributed by atoms with Crippen molar-refractivity contribution in [2.24, 2.45) is 10.9 Å². The van der Waals surface area contributed by atoms with Gasteiger partial charge in [0.2, 0.25) is 0 Å². The van der Waals surface area contributed by atoms with Crippen LogP contribution in [-0.4, -0.2) is 76.1 Å². The first kappa shape index (κ1) is 23.2. The fourth-order valence-corrected chi connectivity index (χ4v) is 4.44. The van der Waals surface area contributed by atoms with Gasteiger partial charge >= 0.3 is 0 Å². The zero-order valence-electron chi connectivity index (χ0n) is 17.0. The van der Waals surface area contributed by atoms with Gasteiger partial charge in [-0.1, -0.05) is 12.8 Å². The zero-order valence-corrected chi connectivity index (χ0v) is 19.3. The predicted octanol–water partition coefficient (Wildman–Crippen LogP) is 2.62. The third kappa shape index (κ3) is 8.03. The van der Waals surface area contributed by atoms with Gasteiger partial charge in [0, 0.05) is 65.2 Å². The molecule has 3 aliphatic rings. The maximum atomic E-state index is 5.83. The highest BCUT2D eigenvalue weighted by Crippen LogP contribution is 2.26. The lowest BCUT2D eigenvalue weighted by Gasteiger charge is -2.24. The average molecular weight is 494 g/mol. The molecule has 1 saturated carbocycles. The van der Waals surface area contributed by atoms with E-state index in [-0.39, 0.29) is 24.0 Å². The molecule has 158 valence electrons. The lowest BCUT2D eigenvalue weighted by Crippen LogP contribution is -2.45. The van der Waals surface area contributed by atoms with Crippen LogP contribution in [0, 0.1) is 5.92 Å². The number of nitrogens with zero attached hydrogens (tertiary/aromatic N) is 2. The first-order valence-corrected chi connectivity index (χ1v) is 10.7. The van der Waals surface area contributed by atoms with E-state index in [1.807, 2.05) is 7.05 Å². The van der Waals surface area contributed by atoms with Crippen LogP contribution >= 0.6 is 24.0 Å². The molecule has 0 bridgehead atoms. The van der Waals surface area contributed by atoms with E-state index >= 15 is 0 Å². The second-order valence-electron chi connectivity index (χ2n) is 8.05. The van der Waals surface area contributed by atoms with Gasteiger partial charge in [0.15, 0.2) is 5.96 Å². The molecule has 0 aromatic carbocycles. The zero-order chi connectivity index (χ0) is 18.0. The van der Waals surface area contributed by atoms with Crippen molar-refractivity contribution < 1.29 is 9.47 Å². The Hall–Kier alpha value is -0.120. The molecule has 3 fully saturated rings. The molecular weight excluding hydrogens is 455 g/mol. The van der Waals surface area contributed by atoms with Crippen molar-refractivity contribution >= 4 is 29.9 Å². The van der Waals surface area contributed by atoms with Crippen molar-refractivity contribution in [2.75, 3.05) is 53.1 Å². The molecule has 1 unspecified atom stereocenters. The number of guanidine groups is 1. The van der Waals surface area contributed by atoms with E-state index in [9.17, 15) is 0 Å². The molecule has 6 nitrogen and oxygen atoms in total. The van der Waals surface area contributed by atoms with Gasteiger partial charge in [0.05, 0.1) is 0 Å². The van der Waals surface area contributed by atoms with E-state index < -0.39 is 0 Å². The van der Waals surface area contributed by atoms with Crippen LogP contribution in [0.25, 0.3) is 0 Å². The predicted molar refractivity (Wildman–Crippen MR) is 121 cm³/mol. The van der Waals surface area contributed by atoms with Crippen molar-refractivity contribution in [1.82, 2.24) is 15.5 Å². The first-order valence-electron chi connectivity index (χ1n) is 10.7. The summed E-state index contributed by atoms with van der Waals surface area (Å²) in [7, 11) is 1.86. The minimum Gasteiger partial charge on any atom is -0.381 e. The molecule has 0 aromatic rings. The van der Waals surface area contributed by atoms with Gasteiger partial charge in [0.25, 0.3) is 0 Å². The van der Waals surface area contributed by atoms with Crippen LogP contribution in [-0.2, 0) is 9.47 Å². The van der Waals surface area contributed by atoms with Crippen molar-refractivity contribution in [1.29, 1.82) is 0 Å². The molecule has 0 amide bonds. The summed E-state index contributed by atoms with van der Waals surface area (Å²) in [5.41, 5.74) is 0. The smallest absolute Gasteiger partial charge is 0.191 e. The molecule has 2 aliphatic heterocycles. The highest BCUT2D eigenvalue weighted by Gasteiger charge is 2.30. The lowest BCUT2D eigenvalue weighted by atomic mass is 10.0. The first-order chi connectivity index (χ1) is 12.8. The molecule has 2 saturated heterocycles. The maximum Gasteiger partial charge on any atom is 0.191 e. The third-order valence-corrected chi connectivity index (χ3v) is 6.08. The Bertz CT molecular complexity index is 426. The average Bonchev–Trinajstić information content (AvgIpc) is 3.36. The molecule has 2 heterocycles.